The van der Waals surface area contributed by atoms with Gasteiger partial charge in [-0.3, -0.25) is 9.58 Å². The van der Waals surface area contributed by atoms with E-state index in [1.165, 1.54) is 6.42 Å². The standard InChI is InChI=1S/C12H20N4O/c1-2-16-11(13-9-14-16)8-12(17)5-7-15-6-3-4-10(12)15/h9-10,17H,2-8H2,1H3. The van der Waals surface area contributed by atoms with Crippen molar-refractivity contribution >= 4 is 0 Å². The zero-order chi connectivity index (χ0) is 11.9. The van der Waals surface area contributed by atoms with Crippen molar-refractivity contribution in [3.63, 3.8) is 0 Å². The lowest BCUT2D eigenvalue weighted by Gasteiger charge is -2.29. The molecule has 0 aliphatic carbocycles. The Bertz CT molecular complexity index is 405. The monoisotopic (exact) mass is 236 g/mol. The summed E-state index contributed by atoms with van der Waals surface area (Å²) in [7, 11) is 0. The van der Waals surface area contributed by atoms with Crippen LogP contribution in [0.25, 0.3) is 0 Å². The van der Waals surface area contributed by atoms with E-state index in [0.29, 0.717) is 12.5 Å². The van der Waals surface area contributed by atoms with Gasteiger partial charge in [0, 0.05) is 25.6 Å². The average molecular weight is 236 g/mol. The van der Waals surface area contributed by atoms with E-state index in [9.17, 15) is 5.11 Å². The van der Waals surface area contributed by atoms with Crippen LogP contribution in [0.4, 0.5) is 0 Å². The van der Waals surface area contributed by atoms with Crippen molar-refractivity contribution in [3.8, 4) is 0 Å². The second-order valence-electron chi connectivity index (χ2n) is 5.22. The molecule has 2 aliphatic heterocycles. The number of fused-ring (bicyclic) bond motifs is 1. The van der Waals surface area contributed by atoms with Gasteiger partial charge in [0.1, 0.15) is 12.2 Å². The Kier molecular flexibility index (Phi) is 2.67. The van der Waals surface area contributed by atoms with E-state index in [1.807, 2.05) is 4.68 Å². The summed E-state index contributed by atoms with van der Waals surface area (Å²) in [5.74, 6) is 0.920. The van der Waals surface area contributed by atoms with Gasteiger partial charge in [-0.1, -0.05) is 0 Å². The van der Waals surface area contributed by atoms with Gasteiger partial charge in [-0.05, 0) is 32.7 Å². The van der Waals surface area contributed by atoms with Crippen molar-refractivity contribution in [2.45, 2.75) is 50.8 Å². The van der Waals surface area contributed by atoms with Crippen molar-refractivity contribution in [1.29, 1.82) is 0 Å². The minimum Gasteiger partial charge on any atom is -0.388 e. The molecule has 1 aromatic heterocycles. The summed E-state index contributed by atoms with van der Waals surface area (Å²) in [5, 5.41) is 15.0. The van der Waals surface area contributed by atoms with Crippen LogP contribution in [-0.4, -0.2) is 49.5 Å². The van der Waals surface area contributed by atoms with Crippen LogP contribution >= 0.6 is 0 Å². The molecule has 17 heavy (non-hydrogen) atoms. The molecule has 2 unspecified atom stereocenters. The van der Waals surface area contributed by atoms with Crippen LogP contribution in [-0.2, 0) is 13.0 Å². The van der Waals surface area contributed by atoms with Crippen molar-refractivity contribution < 1.29 is 5.11 Å². The van der Waals surface area contributed by atoms with Crippen molar-refractivity contribution in [2.75, 3.05) is 13.1 Å². The molecule has 94 valence electrons. The van der Waals surface area contributed by atoms with E-state index in [2.05, 4.69) is 21.9 Å². The molecule has 0 saturated carbocycles. The summed E-state index contributed by atoms with van der Waals surface area (Å²) in [6, 6.07) is 0.338. The van der Waals surface area contributed by atoms with E-state index in [4.69, 9.17) is 0 Å². The summed E-state index contributed by atoms with van der Waals surface area (Å²) in [5.41, 5.74) is -0.587. The fourth-order valence-corrected chi connectivity index (χ4v) is 3.38. The quantitative estimate of drug-likeness (QED) is 0.827. The number of rotatable bonds is 3. The van der Waals surface area contributed by atoms with Crippen LogP contribution in [0.5, 0.6) is 0 Å². The highest BCUT2D eigenvalue weighted by Crippen LogP contribution is 2.37. The van der Waals surface area contributed by atoms with Crippen LogP contribution in [0.15, 0.2) is 6.33 Å². The Morgan fingerprint density at radius 1 is 1.53 bits per heavy atom. The largest absolute Gasteiger partial charge is 0.388 e. The minimum absolute atomic E-state index is 0.338. The molecule has 0 spiro atoms. The third kappa shape index (κ3) is 1.77. The minimum atomic E-state index is -0.587. The SMILES string of the molecule is CCn1ncnc1CC1(O)CCN2CCCC21. The molecule has 1 aromatic rings. The van der Waals surface area contributed by atoms with Gasteiger partial charge < -0.3 is 5.11 Å². The van der Waals surface area contributed by atoms with E-state index in [1.54, 1.807) is 6.33 Å². The Balaban J connectivity index is 1.80. The summed E-state index contributed by atoms with van der Waals surface area (Å²) in [6.07, 6.45) is 5.43. The molecular weight excluding hydrogens is 216 g/mol. The van der Waals surface area contributed by atoms with Gasteiger partial charge in [0.2, 0.25) is 0 Å². The molecule has 0 radical (unpaired) electrons. The fourth-order valence-electron chi connectivity index (χ4n) is 3.38. The second-order valence-corrected chi connectivity index (χ2v) is 5.22. The number of nitrogens with zero attached hydrogens (tertiary/aromatic N) is 4. The first-order valence-corrected chi connectivity index (χ1v) is 6.56. The Morgan fingerprint density at radius 3 is 3.24 bits per heavy atom. The van der Waals surface area contributed by atoms with Gasteiger partial charge in [-0.25, -0.2) is 4.98 Å². The molecule has 2 saturated heterocycles. The normalized spacial score (nSPS) is 33.2. The smallest absolute Gasteiger partial charge is 0.138 e. The number of hydrogen-bond acceptors (Lipinski definition) is 4. The third-order valence-corrected chi connectivity index (χ3v) is 4.28. The highest BCUT2D eigenvalue weighted by molar-refractivity contribution is 5.07. The predicted molar refractivity (Wildman–Crippen MR) is 63.6 cm³/mol. The summed E-state index contributed by atoms with van der Waals surface area (Å²) in [4.78, 5) is 6.71. The zero-order valence-corrected chi connectivity index (χ0v) is 10.3. The second kappa shape index (κ2) is 4.07. The Labute approximate surface area is 101 Å². The van der Waals surface area contributed by atoms with Crippen molar-refractivity contribution in [2.24, 2.45) is 0 Å². The van der Waals surface area contributed by atoms with Gasteiger partial charge >= 0.3 is 0 Å². The predicted octanol–water partition coefficient (Wildman–Crippen LogP) is 0.440. The van der Waals surface area contributed by atoms with Crippen molar-refractivity contribution in [1.82, 2.24) is 19.7 Å². The molecule has 3 heterocycles. The van der Waals surface area contributed by atoms with Crippen LogP contribution in [0.2, 0.25) is 0 Å². The lowest BCUT2D eigenvalue weighted by Crippen LogP contribution is -2.43. The maximum Gasteiger partial charge on any atom is 0.138 e. The maximum atomic E-state index is 10.8. The van der Waals surface area contributed by atoms with Gasteiger partial charge in [0.05, 0.1) is 5.60 Å². The summed E-state index contributed by atoms with van der Waals surface area (Å²) < 4.78 is 1.88. The molecule has 5 heteroatoms. The van der Waals surface area contributed by atoms with E-state index < -0.39 is 5.60 Å². The number of aromatic nitrogens is 3. The Hall–Kier alpha value is -0.940. The van der Waals surface area contributed by atoms with Gasteiger partial charge in [0.25, 0.3) is 0 Å². The van der Waals surface area contributed by atoms with Gasteiger partial charge in [0.15, 0.2) is 0 Å². The van der Waals surface area contributed by atoms with E-state index in [0.717, 1.165) is 38.3 Å². The van der Waals surface area contributed by atoms with Crippen LogP contribution in [0.3, 0.4) is 0 Å². The first-order chi connectivity index (χ1) is 8.23. The molecule has 0 aromatic carbocycles. The molecular formula is C12H20N4O. The first-order valence-electron chi connectivity index (χ1n) is 6.56. The van der Waals surface area contributed by atoms with E-state index >= 15 is 0 Å². The highest BCUT2D eigenvalue weighted by atomic mass is 16.3. The zero-order valence-electron chi connectivity index (χ0n) is 10.3. The van der Waals surface area contributed by atoms with E-state index in [-0.39, 0.29) is 0 Å². The lowest BCUT2D eigenvalue weighted by molar-refractivity contribution is 0.0115. The molecule has 0 amide bonds. The maximum absolute atomic E-state index is 10.8. The topological polar surface area (TPSA) is 54.2 Å². The molecule has 5 nitrogen and oxygen atoms in total. The molecule has 1 N–H and O–H groups in total. The number of aryl methyl sites for hydroxylation is 1. The number of hydrogen-bond donors (Lipinski definition) is 1. The first kappa shape index (κ1) is 11.2. The highest BCUT2D eigenvalue weighted by Gasteiger charge is 2.48. The molecule has 2 atom stereocenters. The summed E-state index contributed by atoms with van der Waals surface area (Å²) >= 11 is 0. The van der Waals surface area contributed by atoms with Crippen LogP contribution in [0.1, 0.15) is 32.0 Å². The molecule has 0 bridgehead atoms. The van der Waals surface area contributed by atoms with Crippen LogP contribution < -0.4 is 0 Å². The van der Waals surface area contributed by atoms with Gasteiger partial charge in [-0.2, -0.15) is 5.10 Å². The van der Waals surface area contributed by atoms with Crippen LogP contribution in [0, 0.1) is 0 Å². The lowest BCUT2D eigenvalue weighted by atomic mass is 9.89. The molecule has 2 aliphatic rings. The fraction of sp³-hybridized carbons (Fsp3) is 0.833. The summed E-state index contributed by atoms with van der Waals surface area (Å²) in [6.45, 7) is 5.05. The third-order valence-electron chi connectivity index (χ3n) is 4.28. The Morgan fingerprint density at radius 2 is 2.41 bits per heavy atom. The molecule has 2 fully saturated rings. The molecule has 3 rings (SSSR count). The van der Waals surface area contributed by atoms with Crippen molar-refractivity contribution in [3.05, 3.63) is 12.2 Å². The van der Waals surface area contributed by atoms with Gasteiger partial charge in [-0.15, -0.1) is 0 Å². The average Bonchev–Trinajstić information content (AvgIpc) is 2.98. The number of aliphatic hydroxyl groups is 1.